The molecular formula is C26H32Cl2N4O. The Kier molecular flexibility index (Phi) is 8.22. The predicted molar refractivity (Wildman–Crippen MR) is 141 cm³/mol. The van der Waals surface area contributed by atoms with Crippen molar-refractivity contribution in [3.63, 3.8) is 0 Å². The molecule has 2 aromatic carbocycles. The van der Waals surface area contributed by atoms with Gasteiger partial charge >= 0.3 is 0 Å². The Bertz CT molecular complexity index is 1140. The van der Waals surface area contributed by atoms with Gasteiger partial charge in [0.05, 0.1) is 5.52 Å². The summed E-state index contributed by atoms with van der Waals surface area (Å²) in [5, 5.41) is 4.29. The van der Waals surface area contributed by atoms with Crippen molar-refractivity contribution in [3.05, 3.63) is 64.8 Å². The van der Waals surface area contributed by atoms with Crippen molar-refractivity contribution in [2.45, 2.75) is 33.1 Å². The second kappa shape index (κ2) is 10.7. The number of nitrogens with one attached hydrogen (secondary N) is 1. The zero-order valence-corrected chi connectivity index (χ0v) is 20.9. The van der Waals surface area contributed by atoms with E-state index < -0.39 is 0 Å². The molecule has 0 spiro atoms. The number of fused-ring (bicyclic) bond motifs is 2. The lowest BCUT2D eigenvalue weighted by atomic mass is 9.92. The summed E-state index contributed by atoms with van der Waals surface area (Å²) in [6, 6.07) is 15.0. The molecule has 3 heterocycles. The molecule has 0 unspecified atom stereocenters. The van der Waals surface area contributed by atoms with Crippen LogP contribution in [-0.4, -0.2) is 48.5 Å². The molecule has 0 aliphatic carbocycles. The van der Waals surface area contributed by atoms with E-state index in [0.29, 0.717) is 6.42 Å². The maximum absolute atomic E-state index is 11.7. The number of halogens is 2. The van der Waals surface area contributed by atoms with Crippen LogP contribution in [0.3, 0.4) is 0 Å². The van der Waals surface area contributed by atoms with Crippen LogP contribution in [0.15, 0.2) is 42.5 Å². The second-order valence-corrected chi connectivity index (χ2v) is 8.81. The monoisotopic (exact) mass is 486 g/mol. The van der Waals surface area contributed by atoms with E-state index in [0.717, 1.165) is 62.5 Å². The number of carbonyl (C=O) groups is 1. The zero-order chi connectivity index (χ0) is 21.4. The van der Waals surface area contributed by atoms with Crippen LogP contribution in [0.4, 0.5) is 11.4 Å². The van der Waals surface area contributed by atoms with Gasteiger partial charge in [0.2, 0.25) is 5.91 Å². The largest absolute Gasteiger partial charge is 0.368 e. The van der Waals surface area contributed by atoms with Crippen LogP contribution in [0.2, 0.25) is 0 Å². The Balaban J connectivity index is 0.00000153. The number of aryl methyl sites for hydroxylation is 2. The minimum absolute atomic E-state index is 0. The quantitative estimate of drug-likeness (QED) is 0.566. The minimum Gasteiger partial charge on any atom is -0.368 e. The van der Waals surface area contributed by atoms with E-state index in [1.54, 1.807) is 0 Å². The summed E-state index contributed by atoms with van der Waals surface area (Å²) in [4.78, 5) is 21.5. The van der Waals surface area contributed by atoms with Crippen LogP contribution in [-0.2, 0) is 17.6 Å². The molecule has 0 radical (unpaired) electrons. The Morgan fingerprint density at radius 2 is 1.73 bits per heavy atom. The van der Waals surface area contributed by atoms with Gasteiger partial charge in [-0.1, -0.05) is 12.1 Å². The molecular weight excluding hydrogens is 455 g/mol. The number of piperazine rings is 1. The third-order valence-corrected chi connectivity index (χ3v) is 6.78. The first-order chi connectivity index (χ1) is 15.1. The first-order valence-electron chi connectivity index (χ1n) is 11.3. The third-order valence-electron chi connectivity index (χ3n) is 6.78. The number of hydrogen-bond acceptors (Lipinski definition) is 4. The molecule has 1 fully saturated rings. The highest BCUT2D eigenvalue weighted by Gasteiger charge is 2.22. The van der Waals surface area contributed by atoms with Crippen LogP contribution >= 0.6 is 24.8 Å². The number of benzene rings is 2. The lowest BCUT2D eigenvalue weighted by Gasteiger charge is -2.37. The van der Waals surface area contributed by atoms with Crippen LogP contribution in [0.5, 0.6) is 0 Å². The van der Waals surface area contributed by atoms with Gasteiger partial charge in [0.1, 0.15) is 0 Å². The van der Waals surface area contributed by atoms with E-state index in [1.807, 2.05) is 6.92 Å². The molecule has 3 aromatic rings. The maximum atomic E-state index is 11.7. The average molecular weight is 487 g/mol. The number of anilines is 2. The van der Waals surface area contributed by atoms with E-state index in [1.165, 1.54) is 27.8 Å². The van der Waals surface area contributed by atoms with Crippen molar-refractivity contribution in [2.75, 3.05) is 42.9 Å². The highest BCUT2D eigenvalue weighted by atomic mass is 35.5. The number of amides is 1. The van der Waals surface area contributed by atoms with Crippen molar-refractivity contribution in [2.24, 2.45) is 0 Å². The standard InChI is InChI=1S/C26H30N4O.2ClH/c1-18-6-10-24-21(9-11-26(31)28-24)20(18)12-13-29-14-16-30(17-15-29)25-5-3-4-23-22(25)8-7-19(2)27-23;;/h3-8,10H,9,11-17H2,1-2H3,(H,28,31);2*1H. The Hall–Kier alpha value is -2.34. The average Bonchev–Trinajstić information content (AvgIpc) is 2.78. The highest BCUT2D eigenvalue weighted by molar-refractivity contribution is 5.94. The first-order valence-corrected chi connectivity index (χ1v) is 11.3. The number of hydrogen-bond donors (Lipinski definition) is 1. The molecule has 2 aliphatic rings. The lowest BCUT2D eigenvalue weighted by Crippen LogP contribution is -2.47. The number of pyridine rings is 1. The first kappa shape index (κ1) is 25.3. The predicted octanol–water partition coefficient (Wildman–Crippen LogP) is 4.94. The van der Waals surface area contributed by atoms with Gasteiger partial charge in [-0.3, -0.25) is 14.7 Å². The molecule has 1 aromatic heterocycles. The molecule has 7 heteroatoms. The van der Waals surface area contributed by atoms with E-state index >= 15 is 0 Å². The van der Waals surface area contributed by atoms with Gasteiger partial charge in [0, 0.05) is 61.6 Å². The van der Waals surface area contributed by atoms with Gasteiger partial charge in [0.15, 0.2) is 0 Å². The molecule has 1 amide bonds. The molecule has 33 heavy (non-hydrogen) atoms. The normalized spacial score (nSPS) is 15.9. The van der Waals surface area contributed by atoms with Gasteiger partial charge in [-0.15, -0.1) is 24.8 Å². The Morgan fingerprint density at radius 3 is 2.52 bits per heavy atom. The van der Waals surface area contributed by atoms with Crippen LogP contribution in [0, 0.1) is 13.8 Å². The summed E-state index contributed by atoms with van der Waals surface area (Å²) in [7, 11) is 0. The smallest absolute Gasteiger partial charge is 0.224 e. The molecule has 0 atom stereocenters. The molecule has 1 N–H and O–H groups in total. The Morgan fingerprint density at radius 1 is 0.939 bits per heavy atom. The number of rotatable bonds is 4. The van der Waals surface area contributed by atoms with E-state index in [2.05, 4.69) is 64.5 Å². The fourth-order valence-corrected chi connectivity index (χ4v) is 5.01. The summed E-state index contributed by atoms with van der Waals surface area (Å²) in [6.45, 7) is 9.52. The summed E-state index contributed by atoms with van der Waals surface area (Å²) in [5.74, 6) is 0.136. The molecule has 5 nitrogen and oxygen atoms in total. The number of aromatic nitrogens is 1. The minimum atomic E-state index is 0. The zero-order valence-electron chi connectivity index (χ0n) is 19.3. The van der Waals surface area contributed by atoms with Gasteiger partial charge in [-0.25, -0.2) is 0 Å². The fraction of sp³-hybridized carbons (Fsp3) is 0.385. The summed E-state index contributed by atoms with van der Waals surface area (Å²) in [5.41, 5.74) is 8.57. The Labute approximate surface area is 208 Å². The van der Waals surface area contributed by atoms with Crippen molar-refractivity contribution >= 4 is 53.0 Å². The van der Waals surface area contributed by atoms with Crippen LogP contribution in [0.1, 0.15) is 28.8 Å². The van der Waals surface area contributed by atoms with Crippen molar-refractivity contribution < 1.29 is 4.79 Å². The van der Waals surface area contributed by atoms with Crippen LogP contribution in [0.25, 0.3) is 10.9 Å². The number of nitrogens with zero attached hydrogens (tertiary/aromatic N) is 3. The van der Waals surface area contributed by atoms with E-state index in [9.17, 15) is 4.79 Å². The highest BCUT2D eigenvalue weighted by Crippen LogP contribution is 2.30. The van der Waals surface area contributed by atoms with E-state index in [-0.39, 0.29) is 30.7 Å². The summed E-state index contributed by atoms with van der Waals surface area (Å²) in [6.07, 6.45) is 2.50. The fourth-order valence-electron chi connectivity index (χ4n) is 5.01. The van der Waals surface area contributed by atoms with Crippen molar-refractivity contribution in [3.8, 4) is 0 Å². The molecule has 0 bridgehead atoms. The van der Waals surface area contributed by atoms with Gasteiger partial charge in [-0.05, 0) is 73.7 Å². The molecule has 2 aliphatic heterocycles. The molecule has 176 valence electrons. The number of carbonyl (C=O) groups excluding carboxylic acids is 1. The topological polar surface area (TPSA) is 48.5 Å². The molecule has 1 saturated heterocycles. The summed E-state index contributed by atoms with van der Waals surface area (Å²) >= 11 is 0. The third kappa shape index (κ3) is 5.26. The second-order valence-electron chi connectivity index (χ2n) is 8.81. The summed E-state index contributed by atoms with van der Waals surface area (Å²) < 4.78 is 0. The molecule has 5 rings (SSSR count). The van der Waals surface area contributed by atoms with E-state index in [4.69, 9.17) is 4.98 Å². The maximum Gasteiger partial charge on any atom is 0.224 e. The lowest BCUT2D eigenvalue weighted by molar-refractivity contribution is -0.116. The van der Waals surface area contributed by atoms with Crippen molar-refractivity contribution in [1.82, 2.24) is 9.88 Å². The van der Waals surface area contributed by atoms with Crippen LogP contribution < -0.4 is 10.2 Å². The molecule has 0 saturated carbocycles. The van der Waals surface area contributed by atoms with Gasteiger partial charge in [-0.2, -0.15) is 0 Å². The SMILES string of the molecule is Cc1ccc2c(N3CCN(CCc4c(C)ccc5c4CCC(=O)N5)CC3)cccc2n1.Cl.Cl. The van der Waals surface area contributed by atoms with Crippen molar-refractivity contribution in [1.29, 1.82) is 0 Å². The van der Waals surface area contributed by atoms with Gasteiger partial charge < -0.3 is 10.2 Å². The van der Waals surface area contributed by atoms with Gasteiger partial charge in [0.25, 0.3) is 0 Å².